The summed E-state index contributed by atoms with van der Waals surface area (Å²) in [5.74, 6) is -0.721. The van der Waals surface area contributed by atoms with Crippen LogP contribution in [0, 0.1) is 12.7 Å². The fraction of sp³-hybridized carbons (Fsp3) is 0.167. The summed E-state index contributed by atoms with van der Waals surface area (Å²) in [7, 11) is 1.69. The molecule has 4 aromatic rings. The molecule has 0 spiro atoms. The van der Waals surface area contributed by atoms with Gasteiger partial charge in [-0.1, -0.05) is 0 Å². The quantitative estimate of drug-likeness (QED) is 0.569. The third-order valence-electron chi connectivity index (χ3n) is 4.19. The molecule has 0 bridgehead atoms. The van der Waals surface area contributed by atoms with Gasteiger partial charge in [0, 0.05) is 17.5 Å². The van der Waals surface area contributed by atoms with Gasteiger partial charge in [0.2, 0.25) is 5.91 Å². The Morgan fingerprint density at radius 2 is 2.04 bits per heavy atom. The minimum Gasteiger partial charge on any atom is -0.300 e. The zero-order valence-electron chi connectivity index (χ0n) is 15.0. The summed E-state index contributed by atoms with van der Waals surface area (Å²) in [6.45, 7) is 1.68. The zero-order valence-corrected chi connectivity index (χ0v) is 15.8. The first-order valence-corrected chi connectivity index (χ1v) is 9.14. The first-order chi connectivity index (χ1) is 13.4. The van der Waals surface area contributed by atoms with Gasteiger partial charge in [0.05, 0.1) is 11.9 Å². The van der Waals surface area contributed by atoms with Crippen LogP contribution in [0.5, 0.6) is 0 Å². The van der Waals surface area contributed by atoms with Crippen LogP contribution in [0.2, 0.25) is 0 Å². The Hall–Kier alpha value is -3.40. The second-order valence-corrected chi connectivity index (χ2v) is 7.37. The van der Waals surface area contributed by atoms with E-state index in [4.69, 9.17) is 0 Å². The molecule has 8 nitrogen and oxygen atoms in total. The Labute approximate surface area is 162 Å². The van der Waals surface area contributed by atoms with E-state index in [-0.39, 0.29) is 17.9 Å². The lowest BCUT2D eigenvalue weighted by atomic mass is 10.1. The molecule has 0 aliphatic carbocycles. The number of fused-ring (bicyclic) bond motifs is 1. The highest BCUT2D eigenvalue weighted by Gasteiger charge is 2.14. The fourth-order valence-electron chi connectivity index (χ4n) is 2.82. The lowest BCUT2D eigenvalue weighted by Crippen LogP contribution is -2.27. The van der Waals surface area contributed by atoms with Crippen LogP contribution in [0.1, 0.15) is 4.88 Å². The van der Waals surface area contributed by atoms with Crippen LogP contribution >= 0.6 is 11.3 Å². The lowest BCUT2D eigenvalue weighted by molar-refractivity contribution is -0.116. The monoisotopic (exact) mass is 398 g/mol. The van der Waals surface area contributed by atoms with Gasteiger partial charge < -0.3 is 5.32 Å². The van der Waals surface area contributed by atoms with Crippen molar-refractivity contribution in [1.82, 2.24) is 24.3 Å². The third-order valence-corrected chi connectivity index (χ3v) is 5.08. The van der Waals surface area contributed by atoms with Crippen LogP contribution in [-0.2, 0) is 18.4 Å². The van der Waals surface area contributed by atoms with Crippen molar-refractivity contribution in [2.24, 2.45) is 7.05 Å². The zero-order chi connectivity index (χ0) is 19.8. The first kappa shape index (κ1) is 18.0. The third kappa shape index (κ3) is 3.29. The van der Waals surface area contributed by atoms with Crippen molar-refractivity contribution < 1.29 is 9.18 Å². The van der Waals surface area contributed by atoms with Crippen molar-refractivity contribution in [2.45, 2.75) is 13.5 Å². The maximum absolute atomic E-state index is 13.1. The van der Waals surface area contributed by atoms with E-state index in [1.165, 1.54) is 45.2 Å². The van der Waals surface area contributed by atoms with Crippen LogP contribution in [0.15, 0.2) is 41.6 Å². The van der Waals surface area contributed by atoms with Gasteiger partial charge >= 0.3 is 0 Å². The van der Waals surface area contributed by atoms with Gasteiger partial charge in [-0.15, -0.1) is 11.3 Å². The normalized spacial score (nSPS) is 11.1. The van der Waals surface area contributed by atoms with Gasteiger partial charge in [-0.2, -0.15) is 5.10 Å². The molecule has 0 radical (unpaired) electrons. The number of hydrogen-bond donors (Lipinski definition) is 1. The molecular weight excluding hydrogens is 383 g/mol. The van der Waals surface area contributed by atoms with Gasteiger partial charge in [-0.05, 0) is 31.2 Å². The van der Waals surface area contributed by atoms with Gasteiger partial charge in [0.1, 0.15) is 24.1 Å². The van der Waals surface area contributed by atoms with Crippen LogP contribution < -0.4 is 10.9 Å². The van der Waals surface area contributed by atoms with Crippen molar-refractivity contribution in [1.29, 1.82) is 0 Å². The maximum atomic E-state index is 13.1. The standard InChI is InChI=1S/C18H15FN6O2S/c1-10-15(11-3-5-12(19)6-4-11)23-18(28-10)22-14(26)8-25-9-20-16-13(17(25)27)7-21-24(16)2/h3-7,9H,8H2,1-2H3,(H,22,23,26). The van der Waals surface area contributed by atoms with Crippen molar-refractivity contribution in [3.63, 3.8) is 0 Å². The van der Waals surface area contributed by atoms with Crippen molar-refractivity contribution in [3.8, 4) is 11.3 Å². The minimum absolute atomic E-state index is 0.193. The van der Waals surface area contributed by atoms with E-state index in [2.05, 4.69) is 20.4 Å². The molecule has 0 aliphatic rings. The number of carbonyl (C=O) groups is 1. The molecule has 0 saturated heterocycles. The van der Waals surface area contributed by atoms with E-state index in [9.17, 15) is 14.0 Å². The van der Waals surface area contributed by atoms with Crippen molar-refractivity contribution >= 4 is 33.4 Å². The molecule has 1 N–H and O–H groups in total. The summed E-state index contributed by atoms with van der Waals surface area (Å²) in [5.41, 5.74) is 1.56. The molecule has 4 rings (SSSR count). The number of benzene rings is 1. The molecule has 10 heteroatoms. The van der Waals surface area contributed by atoms with Gasteiger partial charge in [-0.25, -0.2) is 14.4 Å². The van der Waals surface area contributed by atoms with E-state index in [0.717, 1.165) is 10.4 Å². The Balaban J connectivity index is 1.53. The molecule has 1 amide bonds. The molecule has 0 fully saturated rings. The molecule has 0 aliphatic heterocycles. The van der Waals surface area contributed by atoms with E-state index >= 15 is 0 Å². The predicted molar refractivity (Wildman–Crippen MR) is 104 cm³/mol. The summed E-state index contributed by atoms with van der Waals surface area (Å²) in [6.07, 6.45) is 2.75. The summed E-state index contributed by atoms with van der Waals surface area (Å²) in [5, 5.41) is 7.46. The van der Waals surface area contributed by atoms with Gasteiger partial charge in [0.25, 0.3) is 5.56 Å². The van der Waals surface area contributed by atoms with Gasteiger partial charge in [-0.3, -0.25) is 18.8 Å². The Kier molecular flexibility index (Phi) is 4.47. The predicted octanol–water partition coefficient (Wildman–Crippen LogP) is 2.34. The highest BCUT2D eigenvalue weighted by molar-refractivity contribution is 7.16. The molecule has 0 saturated carbocycles. The average molecular weight is 398 g/mol. The van der Waals surface area contributed by atoms with Crippen LogP contribution in [0.4, 0.5) is 9.52 Å². The number of halogens is 1. The van der Waals surface area contributed by atoms with E-state index in [1.807, 2.05) is 6.92 Å². The number of aryl methyl sites for hydroxylation is 2. The lowest BCUT2D eigenvalue weighted by Gasteiger charge is -2.05. The van der Waals surface area contributed by atoms with Crippen molar-refractivity contribution in [3.05, 3.63) is 57.8 Å². The number of hydrogen-bond acceptors (Lipinski definition) is 6. The smallest absolute Gasteiger partial charge is 0.264 e. The number of thiazole rings is 1. The molecule has 142 valence electrons. The Bertz CT molecular complexity index is 1240. The number of carbonyl (C=O) groups excluding carboxylic acids is 1. The first-order valence-electron chi connectivity index (χ1n) is 8.33. The number of aromatic nitrogens is 5. The molecule has 28 heavy (non-hydrogen) atoms. The Morgan fingerprint density at radius 1 is 1.29 bits per heavy atom. The Morgan fingerprint density at radius 3 is 2.79 bits per heavy atom. The SMILES string of the molecule is Cc1sc(NC(=O)Cn2cnc3c(cnn3C)c2=O)nc1-c1ccc(F)cc1. The number of nitrogens with zero attached hydrogens (tertiary/aromatic N) is 5. The second-order valence-electron chi connectivity index (χ2n) is 6.16. The van der Waals surface area contributed by atoms with Gasteiger partial charge in [0.15, 0.2) is 10.8 Å². The molecule has 0 atom stereocenters. The number of amides is 1. The van der Waals surface area contributed by atoms with Crippen LogP contribution in [0.25, 0.3) is 22.3 Å². The fourth-order valence-corrected chi connectivity index (χ4v) is 3.67. The highest BCUT2D eigenvalue weighted by Crippen LogP contribution is 2.30. The topological polar surface area (TPSA) is 94.7 Å². The maximum Gasteiger partial charge on any atom is 0.264 e. The number of nitrogens with one attached hydrogen (secondary N) is 1. The molecule has 3 aromatic heterocycles. The highest BCUT2D eigenvalue weighted by atomic mass is 32.1. The van der Waals surface area contributed by atoms with Crippen LogP contribution in [0.3, 0.4) is 0 Å². The second kappa shape index (κ2) is 6.97. The number of anilines is 1. The van der Waals surface area contributed by atoms with E-state index in [1.54, 1.807) is 19.2 Å². The molecule has 1 aromatic carbocycles. The summed E-state index contributed by atoms with van der Waals surface area (Å²) >= 11 is 1.31. The average Bonchev–Trinajstić information content (AvgIpc) is 3.21. The minimum atomic E-state index is -0.397. The summed E-state index contributed by atoms with van der Waals surface area (Å²) in [4.78, 5) is 34.3. The largest absolute Gasteiger partial charge is 0.300 e. The van der Waals surface area contributed by atoms with Crippen LogP contribution in [-0.4, -0.2) is 30.2 Å². The summed E-state index contributed by atoms with van der Waals surface area (Å²) in [6, 6.07) is 6.00. The van der Waals surface area contributed by atoms with Crippen molar-refractivity contribution in [2.75, 3.05) is 5.32 Å². The van der Waals surface area contributed by atoms with E-state index in [0.29, 0.717) is 21.9 Å². The number of rotatable bonds is 4. The molecule has 0 unspecified atom stereocenters. The van der Waals surface area contributed by atoms with E-state index < -0.39 is 5.91 Å². The summed E-state index contributed by atoms with van der Waals surface area (Å²) < 4.78 is 15.8. The molecular formula is C18H15FN6O2S. The molecule has 3 heterocycles.